The predicted octanol–water partition coefficient (Wildman–Crippen LogP) is 4.00. The van der Waals surface area contributed by atoms with Crippen molar-refractivity contribution in [1.29, 1.82) is 0 Å². The first-order chi connectivity index (χ1) is 9.29. The standard InChI is InChI=1S/C16H12ClFO/c17-11-3-5-14-4-1-2-6-16(14)19-12-13-7-9-15(18)10-8-13/h1-2,4,6-10H,11-12H2. The smallest absolute Gasteiger partial charge is 0.135 e. The average Bonchev–Trinajstić information content (AvgIpc) is 2.45. The Labute approximate surface area is 117 Å². The molecule has 2 aromatic rings. The molecule has 0 aliphatic carbocycles. The molecule has 0 spiro atoms. The largest absolute Gasteiger partial charge is 0.488 e. The van der Waals surface area contributed by atoms with Crippen molar-refractivity contribution < 1.29 is 9.13 Å². The molecule has 0 atom stereocenters. The van der Waals surface area contributed by atoms with Gasteiger partial charge in [0.25, 0.3) is 0 Å². The number of halogens is 2. The van der Waals surface area contributed by atoms with E-state index in [1.807, 2.05) is 24.3 Å². The van der Waals surface area contributed by atoms with Gasteiger partial charge in [-0.15, -0.1) is 11.6 Å². The van der Waals surface area contributed by atoms with Crippen LogP contribution >= 0.6 is 11.6 Å². The van der Waals surface area contributed by atoms with Crippen molar-refractivity contribution in [3.05, 3.63) is 65.5 Å². The highest BCUT2D eigenvalue weighted by atomic mass is 35.5. The van der Waals surface area contributed by atoms with Gasteiger partial charge in [-0.3, -0.25) is 0 Å². The third-order valence-electron chi connectivity index (χ3n) is 2.48. The average molecular weight is 275 g/mol. The molecular formula is C16H12ClFO. The minimum absolute atomic E-state index is 0.253. The molecule has 0 unspecified atom stereocenters. The fraction of sp³-hybridized carbons (Fsp3) is 0.125. The molecule has 0 bridgehead atoms. The van der Waals surface area contributed by atoms with Crippen LogP contribution in [0.15, 0.2) is 48.5 Å². The number of hydrogen-bond donors (Lipinski definition) is 0. The first-order valence-corrected chi connectivity index (χ1v) is 6.34. The van der Waals surface area contributed by atoms with Gasteiger partial charge in [-0.25, -0.2) is 4.39 Å². The van der Waals surface area contributed by atoms with Crippen molar-refractivity contribution in [2.24, 2.45) is 0 Å². The van der Waals surface area contributed by atoms with Gasteiger partial charge in [-0.2, -0.15) is 0 Å². The molecule has 0 amide bonds. The van der Waals surface area contributed by atoms with Gasteiger partial charge in [-0.1, -0.05) is 36.1 Å². The second kappa shape index (κ2) is 6.82. The molecule has 2 aromatic carbocycles. The van der Waals surface area contributed by atoms with Crippen LogP contribution in [0.2, 0.25) is 0 Å². The number of para-hydroxylation sites is 1. The molecule has 1 nitrogen and oxygen atoms in total. The maximum absolute atomic E-state index is 12.8. The molecule has 19 heavy (non-hydrogen) atoms. The lowest BCUT2D eigenvalue weighted by atomic mass is 10.2. The summed E-state index contributed by atoms with van der Waals surface area (Å²) < 4.78 is 18.5. The third-order valence-corrected chi connectivity index (χ3v) is 2.62. The summed E-state index contributed by atoms with van der Waals surface area (Å²) in [6, 6.07) is 13.7. The Morgan fingerprint density at radius 3 is 2.53 bits per heavy atom. The van der Waals surface area contributed by atoms with Crippen LogP contribution in [0.3, 0.4) is 0 Å². The highest BCUT2D eigenvalue weighted by Gasteiger charge is 2.01. The molecule has 0 heterocycles. The van der Waals surface area contributed by atoms with Crippen molar-refractivity contribution in [2.45, 2.75) is 6.61 Å². The van der Waals surface area contributed by atoms with Crippen LogP contribution in [0, 0.1) is 17.7 Å². The predicted molar refractivity (Wildman–Crippen MR) is 74.8 cm³/mol. The number of alkyl halides is 1. The number of hydrogen-bond acceptors (Lipinski definition) is 1. The summed E-state index contributed by atoms with van der Waals surface area (Å²) in [5.41, 5.74) is 1.70. The Morgan fingerprint density at radius 1 is 1.05 bits per heavy atom. The van der Waals surface area contributed by atoms with E-state index < -0.39 is 0 Å². The van der Waals surface area contributed by atoms with Gasteiger partial charge in [0.2, 0.25) is 0 Å². The monoisotopic (exact) mass is 274 g/mol. The second-order valence-electron chi connectivity index (χ2n) is 3.85. The van der Waals surface area contributed by atoms with Crippen LogP contribution < -0.4 is 4.74 Å². The zero-order valence-corrected chi connectivity index (χ0v) is 11.0. The molecule has 96 valence electrons. The van der Waals surface area contributed by atoms with Crippen molar-refractivity contribution in [3.63, 3.8) is 0 Å². The zero-order valence-electron chi connectivity index (χ0n) is 10.2. The Morgan fingerprint density at radius 2 is 1.79 bits per heavy atom. The van der Waals surface area contributed by atoms with E-state index in [9.17, 15) is 4.39 Å². The number of benzene rings is 2. The fourth-order valence-corrected chi connectivity index (χ4v) is 1.63. The summed E-state index contributed by atoms with van der Waals surface area (Å²) in [5.74, 6) is 6.47. The number of rotatable bonds is 3. The Bertz CT molecular complexity index is 596. The van der Waals surface area contributed by atoms with Crippen LogP contribution in [0.1, 0.15) is 11.1 Å². The van der Waals surface area contributed by atoms with Gasteiger partial charge in [0.05, 0.1) is 11.4 Å². The van der Waals surface area contributed by atoms with E-state index in [4.69, 9.17) is 16.3 Å². The molecule has 0 aromatic heterocycles. The van der Waals surface area contributed by atoms with Gasteiger partial charge in [-0.05, 0) is 29.8 Å². The maximum Gasteiger partial charge on any atom is 0.135 e. The molecule has 0 N–H and O–H groups in total. The minimum Gasteiger partial charge on any atom is -0.488 e. The molecule has 0 radical (unpaired) electrons. The van der Waals surface area contributed by atoms with Crippen LogP contribution in [-0.2, 0) is 6.61 Å². The maximum atomic E-state index is 12.8. The van der Waals surface area contributed by atoms with Gasteiger partial charge in [0.1, 0.15) is 18.2 Å². The normalized spacial score (nSPS) is 9.58. The van der Waals surface area contributed by atoms with Crippen molar-refractivity contribution >= 4 is 11.6 Å². The Kier molecular flexibility index (Phi) is 4.83. The first-order valence-electron chi connectivity index (χ1n) is 5.80. The first kappa shape index (κ1) is 13.5. The summed E-state index contributed by atoms with van der Waals surface area (Å²) in [5, 5.41) is 0. The van der Waals surface area contributed by atoms with E-state index in [0.717, 1.165) is 11.1 Å². The fourth-order valence-electron chi connectivity index (χ4n) is 1.57. The zero-order chi connectivity index (χ0) is 13.5. The molecule has 0 aliphatic heterocycles. The van der Waals surface area contributed by atoms with Gasteiger partial charge >= 0.3 is 0 Å². The van der Waals surface area contributed by atoms with Crippen LogP contribution in [0.25, 0.3) is 0 Å². The van der Waals surface area contributed by atoms with Crippen LogP contribution in [0.5, 0.6) is 5.75 Å². The highest BCUT2D eigenvalue weighted by molar-refractivity contribution is 6.19. The lowest BCUT2D eigenvalue weighted by molar-refractivity contribution is 0.305. The highest BCUT2D eigenvalue weighted by Crippen LogP contribution is 2.18. The van der Waals surface area contributed by atoms with E-state index in [0.29, 0.717) is 12.4 Å². The van der Waals surface area contributed by atoms with Crippen LogP contribution in [-0.4, -0.2) is 5.88 Å². The molecule has 0 fully saturated rings. The molecular weight excluding hydrogens is 263 g/mol. The summed E-state index contributed by atoms with van der Waals surface area (Å²) in [7, 11) is 0. The Balaban J connectivity index is 2.09. The molecule has 0 aliphatic rings. The third kappa shape index (κ3) is 4.01. The summed E-state index contributed by atoms with van der Waals surface area (Å²) in [4.78, 5) is 0. The lowest BCUT2D eigenvalue weighted by Crippen LogP contribution is -1.97. The SMILES string of the molecule is Fc1ccc(COc2ccccc2C#CCCl)cc1. The molecule has 3 heteroatoms. The van der Waals surface area contributed by atoms with Crippen molar-refractivity contribution in [2.75, 3.05) is 5.88 Å². The molecule has 0 saturated heterocycles. The van der Waals surface area contributed by atoms with E-state index in [1.165, 1.54) is 12.1 Å². The quantitative estimate of drug-likeness (QED) is 0.607. The van der Waals surface area contributed by atoms with Gasteiger partial charge < -0.3 is 4.74 Å². The van der Waals surface area contributed by atoms with Crippen molar-refractivity contribution in [3.8, 4) is 17.6 Å². The number of ether oxygens (including phenoxy) is 1. The summed E-state index contributed by atoms with van der Waals surface area (Å²) >= 11 is 5.54. The van der Waals surface area contributed by atoms with Gasteiger partial charge in [0.15, 0.2) is 0 Å². The molecule has 2 rings (SSSR count). The minimum atomic E-state index is -0.253. The van der Waals surface area contributed by atoms with Crippen molar-refractivity contribution in [1.82, 2.24) is 0 Å². The van der Waals surface area contributed by atoms with E-state index in [1.54, 1.807) is 12.1 Å². The summed E-state index contributed by atoms with van der Waals surface area (Å²) in [6.45, 7) is 0.375. The van der Waals surface area contributed by atoms with E-state index >= 15 is 0 Å². The van der Waals surface area contributed by atoms with E-state index in [2.05, 4.69) is 11.8 Å². The summed E-state index contributed by atoms with van der Waals surface area (Å²) in [6.07, 6.45) is 0. The lowest BCUT2D eigenvalue weighted by Gasteiger charge is -2.08. The Hall–Kier alpha value is -1.98. The van der Waals surface area contributed by atoms with E-state index in [-0.39, 0.29) is 11.7 Å². The topological polar surface area (TPSA) is 9.23 Å². The van der Waals surface area contributed by atoms with Crippen LogP contribution in [0.4, 0.5) is 4.39 Å². The second-order valence-corrected chi connectivity index (χ2v) is 4.11. The molecule has 0 saturated carbocycles. The van der Waals surface area contributed by atoms with Gasteiger partial charge in [0, 0.05) is 0 Å².